The minimum Gasteiger partial charge on any atom is -0.386 e. The predicted molar refractivity (Wildman–Crippen MR) is 81.4 cm³/mol. The maximum absolute atomic E-state index is 13.6. The van der Waals surface area contributed by atoms with E-state index in [4.69, 9.17) is 5.26 Å². The number of aliphatic hydroxyl groups is 1. The normalized spacial score (nSPS) is 11.8. The average Bonchev–Trinajstić information content (AvgIpc) is 2.54. The zero-order valence-corrected chi connectivity index (χ0v) is 12.9. The highest BCUT2D eigenvalue weighted by Gasteiger charge is 2.18. The third-order valence-corrected chi connectivity index (χ3v) is 3.56. The minimum atomic E-state index is -1.38. The molecule has 0 fully saturated rings. The Bertz CT molecular complexity index is 943. The highest BCUT2D eigenvalue weighted by Crippen LogP contribution is 2.19. The van der Waals surface area contributed by atoms with Gasteiger partial charge in [0.25, 0.3) is 5.56 Å². The summed E-state index contributed by atoms with van der Waals surface area (Å²) in [6.45, 7) is -0.294. The lowest BCUT2D eigenvalue weighted by Crippen LogP contribution is -2.40. The second kappa shape index (κ2) is 6.64. The number of anilines is 1. The molecule has 2 aromatic rings. The van der Waals surface area contributed by atoms with Crippen molar-refractivity contribution in [3.8, 4) is 6.07 Å². The second-order valence-corrected chi connectivity index (χ2v) is 5.10. The van der Waals surface area contributed by atoms with Crippen LogP contribution in [-0.4, -0.2) is 20.8 Å². The van der Waals surface area contributed by atoms with Crippen LogP contribution in [0.25, 0.3) is 0 Å². The van der Waals surface area contributed by atoms with Crippen molar-refractivity contribution in [3.05, 3.63) is 61.8 Å². The van der Waals surface area contributed by atoms with E-state index in [-0.39, 0.29) is 23.5 Å². The van der Waals surface area contributed by atoms with Crippen LogP contribution in [0.2, 0.25) is 0 Å². The fourth-order valence-corrected chi connectivity index (χ4v) is 2.23. The fourth-order valence-electron chi connectivity index (χ4n) is 2.23. The lowest BCUT2D eigenvalue weighted by Gasteiger charge is -2.17. The summed E-state index contributed by atoms with van der Waals surface area (Å²) in [6.07, 6.45) is -1.38. The van der Waals surface area contributed by atoms with E-state index in [9.17, 15) is 23.5 Å². The van der Waals surface area contributed by atoms with E-state index >= 15 is 0 Å². The molecule has 0 amide bonds. The van der Waals surface area contributed by atoms with Gasteiger partial charge in [-0.15, -0.1) is 0 Å². The van der Waals surface area contributed by atoms with Gasteiger partial charge in [0, 0.05) is 32.3 Å². The van der Waals surface area contributed by atoms with E-state index < -0.39 is 29.0 Å². The second-order valence-electron chi connectivity index (χ2n) is 5.10. The van der Waals surface area contributed by atoms with Gasteiger partial charge >= 0.3 is 5.69 Å². The Morgan fingerprint density at radius 2 is 1.96 bits per heavy atom. The molecular formula is C15H14F2N4O3. The molecule has 0 saturated carbocycles. The molecule has 2 rings (SSSR count). The standard InChI is InChI=1S/C15H14F2N4O3/c1-20-13(10(6-18)14(23)21(2)15(20)24)19-7-12(22)9-4-3-8(16)5-11(9)17/h3-5,12,19,22H,7H2,1-2H3/t12-/m1/s1. The van der Waals surface area contributed by atoms with Gasteiger partial charge in [-0.3, -0.25) is 13.9 Å². The maximum Gasteiger partial charge on any atom is 0.332 e. The number of aromatic nitrogens is 2. The van der Waals surface area contributed by atoms with Crippen LogP contribution in [0.4, 0.5) is 14.6 Å². The summed E-state index contributed by atoms with van der Waals surface area (Å²) in [4.78, 5) is 23.8. The molecular weight excluding hydrogens is 322 g/mol. The average molecular weight is 336 g/mol. The number of nitrogens with zero attached hydrogens (tertiary/aromatic N) is 3. The highest BCUT2D eigenvalue weighted by atomic mass is 19.1. The van der Waals surface area contributed by atoms with Crippen LogP contribution in [0.5, 0.6) is 0 Å². The molecule has 2 N–H and O–H groups in total. The van der Waals surface area contributed by atoms with E-state index in [2.05, 4.69) is 5.32 Å². The summed E-state index contributed by atoms with van der Waals surface area (Å²) < 4.78 is 28.3. The van der Waals surface area contributed by atoms with Crippen molar-refractivity contribution in [3.63, 3.8) is 0 Å². The van der Waals surface area contributed by atoms with Gasteiger partial charge in [-0.05, 0) is 6.07 Å². The van der Waals surface area contributed by atoms with E-state index in [0.717, 1.165) is 21.3 Å². The van der Waals surface area contributed by atoms with Crippen LogP contribution >= 0.6 is 0 Å². The molecule has 7 nitrogen and oxygen atoms in total. The van der Waals surface area contributed by atoms with E-state index in [0.29, 0.717) is 6.07 Å². The molecule has 1 atom stereocenters. The van der Waals surface area contributed by atoms with Crippen molar-refractivity contribution < 1.29 is 13.9 Å². The molecule has 0 bridgehead atoms. The van der Waals surface area contributed by atoms with Crippen molar-refractivity contribution in [1.82, 2.24) is 9.13 Å². The Labute approximate surface area is 135 Å². The minimum absolute atomic E-state index is 0.0906. The molecule has 126 valence electrons. The van der Waals surface area contributed by atoms with Gasteiger partial charge in [-0.2, -0.15) is 5.26 Å². The molecule has 0 aliphatic rings. The number of aliphatic hydroxyl groups excluding tert-OH is 1. The van der Waals surface area contributed by atoms with Crippen LogP contribution < -0.4 is 16.6 Å². The molecule has 0 radical (unpaired) electrons. The molecule has 9 heteroatoms. The van der Waals surface area contributed by atoms with Crippen molar-refractivity contribution in [2.45, 2.75) is 6.10 Å². The number of rotatable bonds is 4. The summed E-state index contributed by atoms with van der Waals surface area (Å²) in [7, 11) is 2.58. The lowest BCUT2D eigenvalue weighted by molar-refractivity contribution is 0.186. The van der Waals surface area contributed by atoms with Crippen LogP contribution in [0.15, 0.2) is 27.8 Å². The molecule has 0 unspecified atom stereocenters. The smallest absolute Gasteiger partial charge is 0.332 e. The highest BCUT2D eigenvalue weighted by molar-refractivity contribution is 5.51. The Morgan fingerprint density at radius 1 is 1.29 bits per heavy atom. The molecule has 1 aromatic carbocycles. The first-order valence-corrected chi connectivity index (χ1v) is 6.85. The van der Waals surface area contributed by atoms with Crippen LogP contribution in [0, 0.1) is 23.0 Å². The zero-order chi connectivity index (χ0) is 18.0. The Kier molecular flexibility index (Phi) is 4.80. The molecule has 1 heterocycles. The number of halogens is 2. The summed E-state index contributed by atoms with van der Waals surface area (Å²) in [5.41, 5.74) is -1.92. The molecule has 0 aliphatic carbocycles. The largest absolute Gasteiger partial charge is 0.386 e. The van der Waals surface area contributed by atoms with Crippen molar-refractivity contribution in [2.24, 2.45) is 14.1 Å². The van der Waals surface area contributed by atoms with Crippen LogP contribution in [-0.2, 0) is 14.1 Å². The quantitative estimate of drug-likeness (QED) is 0.841. The van der Waals surface area contributed by atoms with Crippen LogP contribution in [0.3, 0.4) is 0 Å². The first kappa shape index (κ1) is 17.4. The Balaban J connectivity index is 2.34. The van der Waals surface area contributed by atoms with Gasteiger partial charge in [0.1, 0.15) is 23.5 Å². The van der Waals surface area contributed by atoms with Crippen molar-refractivity contribution >= 4 is 5.82 Å². The topological polar surface area (TPSA) is 100 Å². The summed E-state index contributed by atoms with van der Waals surface area (Å²) in [5.74, 6) is -1.80. The Morgan fingerprint density at radius 3 is 2.54 bits per heavy atom. The van der Waals surface area contributed by atoms with E-state index in [1.165, 1.54) is 14.1 Å². The third-order valence-electron chi connectivity index (χ3n) is 3.56. The van der Waals surface area contributed by atoms with Gasteiger partial charge in [0.15, 0.2) is 5.56 Å². The first-order valence-electron chi connectivity index (χ1n) is 6.85. The van der Waals surface area contributed by atoms with E-state index in [1.54, 1.807) is 6.07 Å². The lowest BCUT2D eigenvalue weighted by atomic mass is 10.1. The third kappa shape index (κ3) is 3.04. The van der Waals surface area contributed by atoms with Gasteiger partial charge < -0.3 is 10.4 Å². The number of benzene rings is 1. The van der Waals surface area contributed by atoms with Crippen molar-refractivity contribution in [2.75, 3.05) is 11.9 Å². The number of hydrogen-bond donors (Lipinski definition) is 2. The molecule has 0 spiro atoms. The molecule has 1 aromatic heterocycles. The van der Waals surface area contributed by atoms with Gasteiger partial charge in [-0.25, -0.2) is 13.6 Å². The molecule has 24 heavy (non-hydrogen) atoms. The Hall–Kier alpha value is -2.99. The van der Waals surface area contributed by atoms with Crippen LogP contribution in [0.1, 0.15) is 17.2 Å². The van der Waals surface area contributed by atoms with Gasteiger partial charge in [0.05, 0.1) is 6.10 Å². The van der Waals surface area contributed by atoms with Gasteiger partial charge in [-0.1, -0.05) is 6.07 Å². The first-order chi connectivity index (χ1) is 11.3. The predicted octanol–water partition coefficient (Wildman–Crippen LogP) is 0.379. The number of nitrogens with one attached hydrogen (secondary N) is 1. The zero-order valence-electron chi connectivity index (χ0n) is 12.9. The van der Waals surface area contributed by atoms with Crippen molar-refractivity contribution in [1.29, 1.82) is 5.26 Å². The molecule has 0 saturated heterocycles. The molecule has 0 aliphatic heterocycles. The summed E-state index contributed by atoms with van der Waals surface area (Å²) in [6, 6.07) is 4.41. The SMILES string of the molecule is Cn1c(NC[C@@H](O)c2ccc(F)cc2F)c(C#N)c(=O)n(C)c1=O. The number of nitriles is 1. The van der Waals surface area contributed by atoms with E-state index in [1.807, 2.05) is 0 Å². The monoisotopic (exact) mass is 336 g/mol. The van der Waals surface area contributed by atoms with Gasteiger partial charge in [0.2, 0.25) is 0 Å². The summed E-state index contributed by atoms with van der Waals surface area (Å²) in [5, 5.41) is 21.7. The number of hydrogen-bond acceptors (Lipinski definition) is 5. The maximum atomic E-state index is 13.6. The summed E-state index contributed by atoms with van der Waals surface area (Å²) >= 11 is 0. The fraction of sp³-hybridized carbons (Fsp3) is 0.267.